The van der Waals surface area contributed by atoms with Gasteiger partial charge < -0.3 is 10.2 Å². The molecule has 4 rings (SSSR count). The SMILES string of the molecule is CCCN(C=O)CC1CCC(Nc2nc3c(s2)CCCc2ccc(F)cc2-3)CC1. The normalized spacial score (nSPS) is 21.0. The molecule has 0 aliphatic heterocycles. The van der Waals surface area contributed by atoms with Crippen molar-refractivity contribution in [1.29, 1.82) is 0 Å². The number of anilines is 1. The third-order valence-corrected chi connectivity index (χ3v) is 7.25. The molecule has 1 fully saturated rings. The van der Waals surface area contributed by atoms with Gasteiger partial charge in [0.05, 0.1) is 5.69 Å². The lowest BCUT2D eigenvalue weighted by molar-refractivity contribution is -0.118. The molecule has 2 aliphatic rings. The molecule has 29 heavy (non-hydrogen) atoms. The van der Waals surface area contributed by atoms with Gasteiger partial charge in [0.25, 0.3) is 0 Å². The molecule has 1 saturated carbocycles. The Labute approximate surface area is 176 Å². The molecule has 0 unspecified atom stereocenters. The molecule has 0 radical (unpaired) electrons. The molecule has 6 heteroatoms. The summed E-state index contributed by atoms with van der Waals surface area (Å²) >= 11 is 1.73. The van der Waals surface area contributed by atoms with Crippen LogP contribution in [0.4, 0.5) is 9.52 Å². The van der Waals surface area contributed by atoms with Crippen molar-refractivity contribution in [2.75, 3.05) is 18.4 Å². The summed E-state index contributed by atoms with van der Waals surface area (Å²) in [5, 5.41) is 4.62. The third-order valence-electron chi connectivity index (χ3n) is 6.20. The Morgan fingerprint density at radius 1 is 1.28 bits per heavy atom. The lowest BCUT2D eigenvalue weighted by Crippen LogP contribution is -2.33. The van der Waals surface area contributed by atoms with Crippen LogP contribution in [0.5, 0.6) is 0 Å². The maximum Gasteiger partial charge on any atom is 0.209 e. The molecular formula is C23H30FN3OS. The molecule has 1 aromatic carbocycles. The zero-order chi connectivity index (χ0) is 20.2. The van der Waals surface area contributed by atoms with Crippen LogP contribution in [0.2, 0.25) is 0 Å². The second-order valence-corrected chi connectivity index (χ2v) is 9.49. The van der Waals surface area contributed by atoms with Crippen LogP contribution in [-0.2, 0) is 17.6 Å². The lowest BCUT2D eigenvalue weighted by Gasteiger charge is -2.31. The first-order chi connectivity index (χ1) is 14.2. The van der Waals surface area contributed by atoms with Crippen LogP contribution >= 0.6 is 11.3 Å². The summed E-state index contributed by atoms with van der Waals surface area (Å²) in [6.45, 7) is 3.85. The second kappa shape index (κ2) is 9.24. The number of carbonyl (C=O) groups is 1. The number of fused-ring (bicyclic) bond motifs is 3. The average Bonchev–Trinajstić information content (AvgIpc) is 3.04. The first kappa shape index (κ1) is 20.3. The number of nitrogens with zero attached hydrogens (tertiary/aromatic N) is 2. The number of benzene rings is 1. The first-order valence-corrected chi connectivity index (χ1v) is 11.7. The minimum absolute atomic E-state index is 0.190. The van der Waals surface area contributed by atoms with E-state index < -0.39 is 0 Å². The number of rotatable bonds is 7. The lowest BCUT2D eigenvalue weighted by atomic mass is 9.86. The van der Waals surface area contributed by atoms with Crippen LogP contribution in [0.25, 0.3) is 11.3 Å². The number of aryl methyl sites for hydroxylation is 2. The molecule has 1 amide bonds. The van der Waals surface area contributed by atoms with E-state index in [2.05, 4.69) is 12.2 Å². The molecule has 0 saturated heterocycles. The fourth-order valence-electron chi connectivity index (χ4n) is 4.69. The van der Waals surface area contributed by atoms with E-state index in [4.69, 9.17) is 4.98 Å². The van der Waals surface area contributed by atoms with Crippen molar-refractivity contribution in [3.63, 3.8) is 0 Å². The van der Waals surface area contributed by atoms with Crippen molar-refractivity contribution < 1.29 is 9.18 Å². The molecule has 2 aromatic rings. The Hall–Kier alpha value is -1.95. The zero-order valence-electron chi connectivity index (χ0n) is 17.1. The van der Waals surface area contributed by atoms with Crippen LogP contribution in [0.3, 0.4) is 0 Å². The van der Waals surface area contributed by atoms with Gasteiger partial charge in [0.15, 0.2) is 5.13 Å². The number of amides is 1. The monoisotopic (exact) mass is 415 g/mol. The minimum Gasteiger partial charge on any atom is -0.359 e. The number of halogens is 1. The zero-order valence-corrected chi connectivity index (χ0v) is 17.9. The van der Waals surface area contributed by atoms with Crippen LogP contribution < -0.4 is 5.32 Å². The van der Waals surface area contributed by atoms with Crippen molar-refractivity contribution in [2.24, 2.45) is 5.92 Å². The van der Waals surface area contributed by atoms with Crippen LogP contribution in [0, 0.1) is 11.7 Å². The van der Waals surface area contributed by atoms with Gasteiger partial charge in [0.1, 0.15) is 5.82 Å². The Bertz CT molecular complexity index is 845. The number of thiazole rings is 1. The number of hydrogen-bond acceptors (Lipinski definition) is 4. The number of hydrogen-bond donors (Lipinski definition) is 1. The summed E-state index contributed by atoms with van der Waals surface area (Å²) in [7, 11) is 0. The van der Waals surface area contributed by atoms with Crippen molar-refractivity contribution in [1.82, 2.24) is 9.88 Å². The Morgan fingerprint density at radius 2 is 2.10 bits per heavy atom. The van der Waals surface area contributed by atoms with Crippen LogP contribution in [0.1, 0.15) is 55.9 Å². The Kier molecular flexibility index (Phi) is 6.48. The van der Waals surface area contributed by atoms with E-state index in [1.54, 1.807) is 23.5 Å². The molecule has 1 N–H and O–H groups in total. The van der Waals surface area contributed by atoms with Gasteiger partial charge in [-0.3, -0.25) is 4.79 Å². The summed E-state index contributed by atoms with van der Waals surface area (Å²) in [6.07, 6.45) is 9.60. The molecule has 2 aliphatic carbocycles. The number of aromatic nitrogens is 1. The van der Waals surface area contributed by atoms with Crippen molar-refractivity contribution in [2.45, 2.75) is 64.3 Å². The summed E-state index contributed by atoms with van der Waals surface area (Å²) in [5.41, 5.74) is 3.14. The maximum atomic E-state index is 13.8. The van der Waals surface area contributed by atoms with Crippen molar-refractivity contribution in [3.8, 4) is 11.3 Å². The Balaban J connectivity index is 1.39. The van der Waals surface area contributed by atoms with E-state index in [0.717, 1.165) is 87.3 Å². The van der Waals surface area contributed by atoms with E-state index in [1.165, 1.54) is 10.4 Å². The molecule has 1 aromatic heterocycles. The van der Waals surface area contributed by atoms with Crippen molar-refractivity contribution in [3.05, 3.63) is 34.5 Å². The van der Waals surface area contributed by atoms with Crippen molar-refractivity contribution >= 4 is 22.9 Å². The van der Waals surface area contributed by atoms with Gasteiger partial charge in [-0.1, -0.05) is 13.0 Å². The topological polar surface area (TPSA) is 45.2 Å². The fraction of sp³-hybridized carbons (Fsp3) is 0.565. The third kappa shape index (κ3) is 4.80. The molecule has 0 atom stereocenters. The van der Waals surface area contributed by atoms with E-state index in [9.17, 15) is 9.18 Å². The smallest absolute Gasteiger partial charge is 0.209 e. The highest BCUT2D eigenvalue weighted by atomic mass is 32.1. The van der Waals surface area contributed by atoms with E-state index in [0.29, 0.717) is 12.0 Å². The second-order valence-electron chi connectivity index (χ2n) is 8.41. The molecule has 4 nitrogen and oxygen atoms in total. The van der Waals surface area contributed by atoms with Gasteiger partial charge in [0.2, 0.25) is 6.41 Å². The number of carbonyl (C=O) groups excluding carboxylic acids is 1. The maximum absolute atomic E-state index is 13.8. The highest BCUT2D eigenvalue weighted by molar-refractivity contribution is 7.16. The van der Waals surface area contributed by atoms with Gasteiger partial charge >= 0.3 is 0 Å². The van der Waals surface area contributed by atoms with E-state index in [-0.39, 0.29) is 5.82 Å². The van der Waals surface area contributed by atoms with Gasteiger partial charge in [-0.2, -0.15) is 0 Å². The fourth-order valence-corrected chi connectivity index (χ4v) is 5.78. The van der Waals surface area contributed by atoms with E-state index in [1.807, 2.05) is 11.0 Å². The molecule has 0 bridgehead atoms. The Morgan fingerprint density at radius 3 is 2.86 bits per heavy atom. The van der Waals surface area contributed by atoms with Crippen LogP contribution in [0.15, 0.2) is 18.2 Å². The first-order valence-electron chi connectivity index (χ1n) is 10.9. The molecule has 156 valence electrons. The minimum atomic E-state index is -0.190. The van der Waals surface area contributed by atoms with Crippen LogP contribution in [-0.4, -0.2) is 35.4 Å². The molecule has 1 heterocycles. The average molecular weight is 416 g/mol. The molecular weight excluding hydrogens is 385 g/mol. The largest absolute Gasteiger partial charge is 0.359 e. The summed E-state index contributed by atoms with van der Waals surface area (Å²) in [4.78, 5) is 19.3. The van der Waals surface area contributed by atoms with E-state index >= 15 is 0 Å². The van der Waals surface area contributed by atoms with Gasteiger partial charge in [-0.25, -0.2) is 9.37 Å². The summed E-state index contributed by atoms with van der Waals surface area (Å²) in [5.74, 6) is 0.414. The highest BCUT2D eigenvalue weighted by Crippen LogP contribution is 2.38. The standard InChI is InChI=1S/C23H30FN3OS/c1-2-12-27(15-28)14-16-6-10-19(11-7-16)25-23-26-22-20-13-18(24)9-8-17(20)4-3-5-21(22)29-23/h8-9,13,15-16,19H,2-7,10-12,14H2,1H3,(H,25,26). The van der Waals surface area contributed by atoms with Gasteiger partial charge in [-0.15, -0.1) is 11.3 Å². The predicted octanol–water partition coefficient (Wildman–Crippen LogP) is 5.28. The summed E-state index contributed by atoms with van der Waals surface area (Å²) < 4.78 is 13.8. The summed E-state index contributed by atoms with van der Waals surface area (Å²) in [6, 6.07) is 5.54. The highest BCUT2D eigenvalue weighted by Gasteiger charge is 2.25. The van der Waals surface area contributed by atoms with Gasteiger partial charge in [0, 0.05) is 29.6 Å². The quantitative estimate of drug-likeness (QED) is 0.626. The molecule has 0 spiro atoms. The predicted molar refractivity (Wildman–Crippen MR) is 117 cm³/mol. The number of nitrogens with one attached hydrogen (secondary N) is 1. The van der Waals surface area contributed by atoms with Gasteiger partial charge in [-0.05, 0) is 75.0 Å².